The van der Waals surface area contributed by atoms with Crippen LogP contribution < -0.4 is 4.90 Å². The van der Waals surface area contributed by atoms with Crippen LogP contribution in [0.3, 0.4) is 0 Å². The Hall–Kier alpha value is -3.41. The van der Waals surface area contributed by atoms with Crippen LogP contribution in [-0.4, -0.2) is 65.9 Å². The number of nitrogens with one attached hydrogen (secondary N) is 1. The summed E-state index contributed by atoms with van der Waals surface area (Å²) in [5.41, 5.74) is 2.21. The molecule has 0 amide bonds. The quantitative estimate of drug-likeness (QED) is 0.311. The smallest absolute Gasteiger partial charge is 0.164 e. The van der Waals surface area contributed by atoms with Crippen LogP contribution in [0.2, 0.25) is 0 Å². The minimum atomic E-state index is -0.277. The van der Waals surface area contributed by atoms with Gasteiger partial charge in [-0.2, -0.15) is 5.10 Å². The zero-order valence-electron chi connectivity index (χ0n) is 19.5. The normalized spacial score (nSPS) is 17.3. The topological polar surface area (TPSA) is 151 Å². The summed E-state index contributed by atoms with van der Waals surface area (Å²) in [7, 11) is 0. The Balaban J connectivity index is 1.61. The predicted octanol–water partition coefficient (Wildman–Crippen LogP) is 2.48. The molecule has 3 aromatic heterocycles. The summed E-state index contributed by atoms with van der Waals surface area (Å²) >= 11 is 0. The van der Waals surface area contributed by atoms with Gasteiger partial charge in [-0.05, 0) is 20.3 Å². The van der Waals surface area contributed by atoms with Gasteiger partial charge in [0.1, 0.15) is 23.0 Å². The molecule has 0 unspecified atom stereocenters. The first kappa shape index (κ1) is 22.8. The molecule has 1 saturated heterocycles. The van der Waals surface area contributed by atoms with Crippen molar-refractivity contribution < 1.29 is 14.6 Å². The largest absolute Gasteiger partial charge is 0.411 e. The lowest BCUT2D eigenvalue weighted by Gasteiger charge is -2.23. The third-order valence-corrected chi connectivity index (χ3v) is 5.69. The van der Waals surface area contributed by atoms with Crippen molar-refractivity contribution >= 4 is 28.3 Å². The zero-order valence-corrected chi connectivity index (χ0v) is 19.5. The summed E-state index contributed by atoms with van der Waals surface area (Å²) < 4.78 is 12.4. The molecule has 12 heteroatoms. The molecule has 2 N–H and O–H groups in total. The van der Waals surface area contributed by atoms with E-state index in [4.69, 9.17) is 30.0 Å². The van der Waals surface area contributed by atoms with Crippen molar-refractivity contribution in [3.8, 4) is 0 Å². The van der Waals surface area contributed by atoms with Gasteiger partial charge in [0.2, 0.25) is 0 Å². The fourth-order valence-electron chi connectivity index (χ4n) is 3.59. The molecule has 0 spiro atoms. The summed E-state index contributed by atoms with van der Waals surface area (Å²) in [5.74, 6) is 1.50. The molecule has 0 aromatic carbocycles. The summed E-state index contributed by atoms with van der Waals surface area (Å²) in [5, 5.41) is 33.2. The fraction of sp³-hybridized carbons (Fsp3) is 0.571. The third-order valence-electron chi connectivity index (χ3n) is 5.69. The minimum absolute atomic E-state index is 0.0239. The maximum absolute atomic E-state index is 8.99. The first-order valence-electron chi connectivity index (χ1n) is 10.8. The van der Waals surface area contributed by atoms with Gasteiger partial charge in [-0.15, -0.1) is 0 Å². The summed E-state index contributed by atoms with van der Waals surface area (Å²) in [6.45, 7) is 11.6. The van der Waals surface area contributed by atoms with E-state index in [1.807, 2.05) is 6.92 Å². The number of ether oxygens (including phenoxy) is 1. The third kappa shape index (κ3) is 4.70. The van der Waals surface area contributed by atoms with Crippen LogP contribution in [0.25, 0.3) is 11.0 Å². The highest BCUT2D eigenvalue weighted by Gasteiger charge is 2.29. The van der Waals surface area contributed by atoms with Gasteiger partial charge in [-0.25, -0.2) is 19.3 Å². The molecule has 1 aliphatic heterocycles. The maximum Gasteiger partial charge on any atom is 0.164 e. The van der Waals surface area contributed by atoms with Gasteiger partial charge in [0, 0.05) is 18.5 Å². The first-order chi connectivity index (χ1) is 15.7. The van der Waals surface area contributed by atoms with Crippen LogP contribution in [0, 0.1) is 12.3 Å². The van der Waals surface area contributed by atoms with Crippen molar-refractivity contribution in [3.63, 3.8) is 0 Å². The molecular formula is C21H29N9O3. The molecule has 1 aliphatic rings. The van der Waals surface area contributed by atoms with Crippen LogP contribution >= 0.6 is 0 Å². The number of aromatic nitrogens is 6. The van der Waals surface area contributed by atoms with Crippen molar-refractivity contribution in [1.29, 1.82) is 5.41 Å². The molecule has 12 nitrogen and oxygen atoms in total. The van der Waals surface area contributed by atoms with E-state index in [0.717, 1.165) is 29.9 Å². The van der Waals surface area contributed by atoms with E-state index in [1.165, 1.54) is 0 Å². The van der Waals surface area contributed by atoms with Gasteiger partial charge < -0.3 is 20.3 Å². The Morgan fingerprint density at radius 3 is 2.79 bits per heavy atom. The van der Waals surface area contributed by atoms with E-state index in [-0.39, 0.29) is 29.5 Å². The number of hydrogen-bond donors (Lipinski definition) is 2. The molecule has 0 aliphatic carbocycles. The summed E-state index contributed by atoms with van der Waals surface area (Å²) in [4.78, 5) is 11.9. The molecular weight excluding hydrogens is 426 g/mol. The highest BCUT2D eigenvalue weighted by atomic mass is 16.6. The SMILES string of the molecule is C/C(=N/O)C(=N)Cn1ncc2c(N3CC[C@H](OCc4nonc4C)C3)nc(C(C)(C)C)nc21. The van der Waals surface area contributed by atoms with Crippen molar-refractivity contribution in [2.24, 2.45) is 5.16 Å². The molecule has 0 radical (unpaired) electrons. The van der Waals surface area contributed by atoms with Gasteiger partial charge in [-0.3, -0.25) is 0 Å². The van der Waals surface area contributed by atoms with Crippen molar-refractivity contribution in [2.45, 2.75) is 65.7 Å². The molecule has 3 aromatic rings. The van der Waals surface area contributed by atoms with E-state index in [0.29, 0.717) is 30.3 Å². The lowest BCUT2D eigenvalue weighted by atomic mass is 9.95. The van der Waals surface area contributed by atoms with E-state index in [9.17, 15) is 0 Å². The molecule has 1 fully saturated rings. The number of aryl methyl sites for hydroxylation is 1. The molecule has 33 heavy (non-hydrogen) atoms. The van der Waals surface area contributed by atoms with Gasteiger partial charge in [0.15, 0.2) is 5.65 Å². The number of rotatable bonds is 7. The Morgan fingerprint density at radius 1 is 1.33 bits per heavy atom. The van der Waals surface area contributed by atoms with Crippen LogP contribution in [0.1, 0.15) is 51.3 Å². The van der Waals surface area contributed by atoms with E-state index in [2.05, 4.69) is 46.2 Å². The monoisotopic (exact) mass is 455 g/mol. The highest BCUT2D eigenvalue weighted by molar-refractivity contribution is 6.40. The average Bonchev–Trinajstić information content (AvgIpc) is 3.50. The number of hydrogen-bond acceptors (Lipinski definition) is 11. The Labute approximate surface area is 191 Å². The van der Waals surface area contributed by atoms with Crippen molar-refractivity contribution in [1.82, 2.24) is 30.1 Å². The number of fused-ring (bicyclic) bond motifs is 1. The van der Waals surface area contributed by atoms with E-state index in [1.54, 1.807) is 17.8 Å². The van der Waals surface area contributed by atoms with Crippen molar-refractivity contribution in [3.05, 3.63) is 23.4 Å². The number of oxime groups is 1. The lowest BCUT2D eigenvalue weighted by molar-refractivity contribution is 0.0514. The van der Waals surface area contributed by atoms with E-state index < -0.39 is 0 Å². The van der Waals surface area contributed by atoms with Gasteiger partial charge in [0.05, 0.1) is 42.3 Å². The van der Waals surface area contributed by atoms with Crippen LogP contribution in [-0.2, 0) is 23.3 Å². The second-order valence-corrected chi connectivity index (χ2v) is 9.29. The molecule has 1 atom stereocenters. The summed E-state index contributed by atoms with van der Waals surface area (Å²) in [6, 6.07) is 0. The van der Waals surface area contributed by atoms with Gasteiger partial charge in [0.25, 0.3) is 0 Å². The van der Waals surface area contributed by atoms with Gasteiger partial charge >= 0.3 is 0 Å². The maximum atomic E-state index is 8.99. The molecule has 176 valence electrons. The zero-order chi connectivity index (χ0) is 23.8. The molecule has 0 bridgehead atoms. The number of nitrogens with zero attached hydrogens (tertiary/aromatic N) is 8. The van der Waals surface area contributed by atoms with Gasteiger partial charge in [-0.1, -0.05) is 36.2 Å². The van der Waals surface area contributed by atoms with Crippen molar-refractivity contribution in [2.75, 3.05) is 18.0 Å². The first-order valence-corrected chi connectivity index (χ1v) is 10.8. The number of anilines is 1. The standard InChI is InChI=1S/C21H29N9O3/c1-12(26-31)16(22)10-30-19-15(8-23-30)18(24-20(25-19)21(3,4)5)29-7-6-14(9-29)32-11-17-13(2)27-33-28-17/h8,14,22,31H,6-7,9-11H2,1-5H3/b22-16?,26-12-/t14-/m0/s1. The second-order valence-electron chi connectivity index (χ2n) is 9.29. The summed E-state index contributed by atoms with van der Waals surface area (Å²) in [6.07, 6.45) is 2.61. The average molecular weight is 456 g/mol. The Morgan fingerprint density at radius 2 is 2.12 bits per heavy atom. The fourth-order valence-corrected chi connectivity index (χ4v) is 3.59. The van der Waals surface area contributed by atoms with Crippen LogP contribution in [0.5, 0.6) is 0 Å². The van der Waals surface area contributed by atoms with E-state index >= 15 is 0 Å². The minimum Gasteiger partial charge on any atom is -0.411 e. The molecule has 4 heterocycles. The molecule has 4 rings (SSSR count). The molecule has 0 saturated carbocycles. The second kappa shape index (κ2) is 8.85. The van der Waals surface area contributed by atoms with Crippen LogP contribution in [0.4, 0.5) is 5.82 Å². The Bertz CT molecular complexity index is 1190. The lowest BCUT2D eigenvalue weighted by Crippen LogP contribution is -2.26. The predicted molar refractivity (Wildman–Crippen MR) is 121 cm³/mol. The van der Waals surface area contributed by atoms with Crippen LogP contribution in [0.15, 0.2) is 16.0 Å². The Kier molecular flexibility index (Phi) is 6.11. The highest BCUT2D eigenvalue weighted by Crippen LogP contribution is 2.31.